The number of hydrogen-bond donors (Lipinski definition) is 1. The second-order valence-corrected chi connectivity index (χ2v) is 11.5. The van der Waals surface area contributed by atoms with Gasteiger partial charge >= 0.3 is 5.69 Å². The number of sulfonamides is 1. The van der Waals surface area contributed by atoms with Crippen molar-refractivity contribution in [3.8, 4) is 11.4 Å². The summed E-state index contributed by atoms with van der Waals surface area (Å²) in [6.07, 6.45) is 0.650. The van der Waals surface area contributed by atoms with Crippen LogP contribution in [-0.4, -0.2) is 58.0 Å². The van der Waals surface area contributed by atoms with Crippen LogP contribution in [0.15, 0.2) is 63.0 Å². The monoisotopic (exact) mass is 556 g/mol. The Balaban J connectivity index is 1.38. The molecule has 3 heterocycles. The summed E-state index contributed by atoms with van der Waals surface area (Å²) in [6, 6.07) is 13.9. The molecule has 5 rings (SSSR count). The van der Waals surface area contributed by atoms with E-state index in [-0.39, 0.29) is 16.1 Å². The highest BCUT2D eigenvalue weighted by atomic mass is 35.5. The molecule has 0 bridgehead atoms. The number of H-pyrrole nitrogens is 1. The van der Waals surface area contributed by atoms with Crippen LogP contribution in [0.4, 0.5) is 5.69 Å². The zero-order valence-corrected chi connectivity index (χ0v) is 22.8. The van der Waals surface area contributed by atoms with Crippen LogP contribution in [0.1, 0.15) is 20.3 Å². The Morgan fingerprint density at radius 2 is 1.58 bits per heavy atom. The van der Waals surface area contributed by atoms with Gasteiger partial charge in [0.05, 0.1) is 4.90 Å². The van der Waals surface area contributed by atoms with Crippen LogP contribution in [0.2, 0.25) is 5.02 Å². The van der Waals surface area contributed by atoms with Gasteiger partial charge in [0.2, 0.25) is 10.0 Å². The quantitative estimate of drug-likeness (QED) is 0.374. The number of benzene rings is 2. The van der Waals surface area contributed by atoms with E-state index in [0.717, 1.165) is 5.69 Å². The molecule has 0 unspecified atom stereocenters. The van der Waals surface area contributed by atoms with E-state index >= 15 is 0 Å². The van der Waals surface area contributed by atoms with Gasteiger partial charge in [0.25, 0.3) is 5.56 Å². The van der Waals surface area contributed by atoms with Gasteiger partial charge in [0.15, 0.2) is 5.65 Å². The van der Waals surface area contributed by atoms with E-state index in [4.69, 9.17) is 11.6 Å². The van der Waals surface area contributed by atoms with E-state index < -0.39 is 15.6 Å². The predicted octanol–water partition coefficient (Wildman–Crippen LogP) is 3.15. The topological polar surface area (TPSA) is 113 Å². The summed E-state index contributed by atoms with van der Waals surface area (Å²) in [7, 11) is -3.68. The van der Waals surface area contributed by atoms with E-state index in [1.54, 1.807) is 24.3 Å². The highest BCUT2D eigenvalue weighted by molar-refractivity contribution is 7.89. The molecule has 1 fully saturated rings. The van der Waals surface area contributed by atoms with Gasteiger partial charge < -0.3 is 9.88 Å². The molecule has 0 amide bonds. The third-order valence-electron chi connectivity index (χ3n) is 6.82. The lowest BCUT2D eigenvalue weighted by Crippen LogP contribution is -2.48. The lowest BCUT2D eigenvalue weighted by Gasteiger charge is -2.35. The molecule has 2 aromatic carbocycles. The minimum atomic E-state index is -3.68. The third kappa shape index (κ3) is 4.65. The molecule has 1 saturated heterocycles. The van der Waals surface area contributed by atoms with E-state index in [0.29, 0.717) is 67.7 Å². The minimum Gasteiger partial charge on any atom is -0.369 e. The number of hydrogen-bond acceptors (Lipinski definition) is 6. The van der Waals surface area contributed by atoms with Gasteiger partial charge in [-0.1, -0.05) is 18.5 Å². The second kappa shape index (κ2) is 10.4. The molecular weight excluding hydrogens is 528 g/mol. The maximum Gasteiger partial charge on any atom is 0.332 e. The van der Waals surface area contributed by atoms with E-state index in [1.807, 2.05) is 38.1 Å². The van der Waals surface area contributed by atoms with Crippen LogP contribution >= 0.6 is 11.6 Å². The molecule has 38 heavy (non-hydrogen) atoms. The van der Waals surface area contributed by atoms with Crippen molar-refractivity contribution in [3.63, 3.8) is 0 Å². The normalized spacial score (nSPS) is 14.9. The van der Waals surface area contributed by atoms with Crippen LogP contribution in [-0.2, 0) is 23.1 Å². The standard InChI is InChI=1S/C26H29ClN6O4S/c1-3-13-33-25(34)22-24(32(4-2)26(33)35)29-23(28-22)18-5-11-21(12-6-18)38(36,37)31-16-14-30(15-17-31)20-9-7-19(27)8-10-20/h5-12H,3-4,13-17H2,1-2H3,(H,28,29). The minimum absolute atomic E-state index is 0.188. The van der Waals surface area contributed by atoms with Gasteiger partial charge in [-0.3, -0.25) is 13.9 Å². The first-order valence-corrected chi connectivity index (χ1v) is 14.4. The Hall–Kier alpha value is -3.41. The highest BCUT2D eigenvalue weighted by Crippen LogP contribution is 2.25. The number of halogens is 1. The molecule has 1 N–H and O–H groups in total. The van der Waals surface area contributed by atoms with E-state index in [9.17, 15) is 18.0 Å². The van der Waals surface area contributed by atoms with Crippen molar-refractivity contribution < 1.29 is 8.42 Å². The lowest BCUT2D eigenvalue weighted by molar-refractivity contribution is 0.385. The summed E-state index contributed by atoms with van der Waals surface area (Å²) >= 11 is 5.98. The first-order valence-electron chi connectivity index (χ1n) is 12.6. The Kier molecular flexibility index (Phi) is 7.17. The zero-order chi connectivity index (χ0) is 27.0. The third-order valence-corrected chi connectivity index (χ3v) is 8.99. The van der Waals surface area contributed by atoms with Gasteiger partial charge in [0.1, 0.15) is 11.3 Å². The van der Waals surface area contributed by atoms with Gasteiger partial charge in [-0.2, -0.15) is 4.31 Å². The van der Waals surface area contributed by atoms with E-state index in [1.165, 1.54) is 13.4 Å². The second-order valence-electron chi connectivity index (χ2n) is 9.16. The first-order chi connectivity index (χ1) is 18.2. The summed E-state index contributed by atoms with van der Waals surface area (Å²) in [5.41, 5.74) is 1.38. The number of aromatic amines is 1. The van der Waals surface area contributed by atoms with Gasteiger partial charge in [-0.05, 0) is 61.9 Å². The first kappa shape index (κ1) is 26.2. The van der Waals surface area contributed by atoms with Crippen molar-refractivity contribution in [2.24, 2.45) is 0 Å². The Labute approximate surface area is 225 Å². The number of imidazole rings is 1. The maximum absolute atomic E-state index is 13.3. The summed E-state index contributed by atoms with van der Waals surface area (Å²) in [5, 5.41) is 0.661. The fraction of sp³-hybridized carbons (Fsp3) is 0.346. The number of nitrogens with zero attached hydrogens (tertiary/aromatic N) is 5. The highest BCUT2D eigenvalue weighted by Gasteiger charge is 2.29. The van der Waals surface area contributed by atoms with Crippen molar-refractivity contribution in [2.45, 2.75) is 38.3 Å². The van der Waals surface area contributed by atoms with Gasteiger partial charge in [0, 0.05) is 55.5 Å². The van der Waals surface area contributed by atoms with Gasteiger partial charge in [-0.15, -0.1) is 0 Å². The molecule has 2 aromatic heterocycles. The number of aryl methyl sites for hydroxylation is 1. The van der Waals surface area contributed by atoms with Crippen molar-refractivity contribution >= 4 is 38.5 Å². The molecule has 10 nitrogen and oxygen atoms in total. The molecule has 0 atom stereocenters. The molecule has 0 radical (unpaired) electrons. The van der Waals surface area contributed by atoms with Crippen molar-refractivity contribution in [1.29, 1.82) is 0 Å². The van der Waals surface area contributed by atoms with Crippen molar-refractivity contribution in [1.82, 2.24) is 23.4 Å². The van der Waals surface area contributed by atoms with Crippen LogP contribution in [0.5, 0.6) is 0 Å². The number of piperazine rings is 1. The average Bonchev–Trinajstić information content (AvgIpc) is 3.37. The number of nitrogens with one attached hydrogen (secondary N) is 1. The summed E-state index contributed by atoms with van der Waals surface area (Å²) in [5.74, 6) is 0.397. The number of fused-ring (bicyclic) bond motifs is 1. The largest absolute Gasteiger partial charge is 0.369 e. The molecular formula is C26H29ClN6O4S. The molecule has 1 aliphatic rings. The molecule has 0 aliphatic carbocycles. The smallest absolute Gasteiger partial charge is 0.332 e. The van der Waals surface area contributed by atoms with Crippen molar-refractivity contribution in [2.75, 3.05) is 31.1 Å². The Morgan fingerprint density at radius 3 is 2.18 bits per heavy atom. The summed E-state index contributed by atoms with van der Waals surface area (Å²) < 4.78 is 30.8. The predicted molar refractivity (Wildman–Crippen MR) is 148 cm³/mol. The molecule has 0 saturated carbocycles. The van der Waals surface area contributed by atoms with Crippen LogP contribution in [0.25, 0.3) is 22.6 Å². The number of anilines is 1. The number of rotatable bonds is 7. The lowest BCUT2D eigenvalue weighted by atomic mass is 10.2. The average molecular weight is 557 g/mol. The maximum atomic E-state index is 13.3. The fourth-order valence-corrected chi connectivity index (χ4v) is 6.33. The summed E-state index contributed by atoms with van der Waals surface area (Å²) in [4.78, 5) is 35.6. The molecule has 4 aromatic rings. The van der Waals surface area contributed by atoms with Crippen molar-refractivity contribution in [3.05, 3.63) is 74.4 Å². The molecule has 1 aliphatic heterocycles. The van der Waals surface area contributed by atoms with Crippen LogP contribution in [0.3, 0.4) is 0 Å². The fourth-order valence-electron chi connectivity index (χ4n) is 4.78. The number of aromatic nitrogens is 4. The Bertz CT molecular complexity index is 1680. The Morgan fingerprint density at radius 1 is 0.921 bits per heavy atom. The molecule has 0 spiro atoms. The summed E-state index contributed by atoms with van der Waals surface area (Å²) in [6.45, 7) is 6.31. The molecule has 200 valence electrons. The van der Waals surface area contributed by atoms with E-state index in [2.05, 4.69) is 14.9 Å². The van der Waals surface area contributed by atoms with Crippen LogP contribution < -0.4 is 16.1 Å². The molecule has 12 heteroatoms. The SMILES string of the molecule is CCCn1c(=O)c2[nH]c(-c3ccc(S(=O)(=O)N4CCN(c5ccc(Cl)cc5)CC4)cc3)nc2n(CC)c1=O. The van der Waals surface area contributed by atoms with Crippen LogP contribution in [0, 0.1) is 0 Å². The van der Waals surface area contributed by atoms with Gasteiger partial charge in [-0.25, -0.2) is 18.2 Å². The zero-order valence-electron chi connectivity index (χ0n) is 21.2.